The average molecular weight is 408 g/mol. The van der Waals surface area contributed by atoms with Crippen LogP contribution < -0.4 is 10.4 Å². The Labute approximate surface area is 158 Å². The number of hydrogen-bond acceptors (Lipinski definition) is 6. The minimum Gasteiger partial charge on any atom is -0.423 e. The van der Waals surface area contributed by atoms with Gasteiger partial charge in [0.25, 0.3) is 0 Å². The highest BCUT2D eigenvalue weighted by atomic mass is 32.2. The van der Waals surface area contributed by atoms with Crippen LogP contribution >= 0.6 is 0 Å². The third-order valence-corrected chi connectivity index (χ3v) is 5.57. The Balaban J connectivity index is 1.91. The quantitative estimate of drug-likeness (QED) is 0.372. The molecule has 0 amide bonds. The average Bonchev–Trinajstić information content (AvgIpc) is 2.64. The summed E-state index contributed by atoms with van der Waals surface area (Å²) in [7, 11) is -4.74. The smallest absolute Gasteiger partial charge is 0.343 e. The second-order valence-corrected chi connectivity index (χ2v) is 7.95. The van der Waals surface area contributed by atoms with E-state index in [1.54, 1.807) is 19.9 Å². The first kappa shape index (κ1) is 19.7. The number of rotatable bonds is 4. The minimum absolute atomic E-state index is 0.0293. The molecule has 0 saturated heterocycles. The molecule has 3 rings (SSSR count). The lowest BCUT2D eigenvalue weighted by atomic mass is 10.1. The molecule has 0 fully saturated rings. The number of hydrogen-bond donors (Lipinski definition) is 0. The summed E-state index contributed by atoms with van der Waals surface area (Å²) in [5, 5.41) is 0.693. The van der Waals surface area contributed by atoms with E-state index in [1.807, 2.05) is 0 Å². The van der Waals surface area contributed by atoms with E-state index in [0.29, 0.717) is 16.5 Å². The minimum atomic E-state index is -4.74. The van der Waals surface area contributed by atoms with Crippen LogP contribution in [0.5, 0.6) is 5.75 Å². The van der Waals surface area contributed by atoms with Gasteiger partial charge in [-0.25, -0.2) is 18.0 Å². The molecule has 0 atom stereocenters. The van der Waals surface area contributed by atoms with Crippen LogP contribution in [0.3, 0.4) is 0 Å². The number of esters is 1. The van der Waals surface area contributed by atoms with Crippen molar-refractivity contribution >= 4 is 26.8 Å². The molecular weight excluding hydrogens is 394 g/mol. The van der Waals surface area contributed by atoms with Crippen LogP contribution in [0.15, 0.2) is 56.6 Å². The van der Waals surface area contributed by atoms with Gasteiger partial charge in [0.05, 0.1) is 10.5 Å². The van der Waals surface area contributed by atoms with Crippen LogP contribution in [0.2, 0.25) is 0 Å². The second kappa shape index (κ2) is 7.16. The molecule has 1 heterocycles. The van der Waals surface area contributed by atoms with E-state index < -0.39 is 32.1 Å². The summed E-state index contributed by atoms with van der Waals surface area (Å²) < 4.78 is 58.5. The number of fused-ring (bicyclic) bond motifs is 1. The predicted molar refractivity (Wildman–Crippen MR) is 96.5 cm³/mol. The first-order valence-electron chi connectivity index (χ1n) is 7.99. The number of ether oxygens (including phenoxy) is 1. The van der Waals surface area contributed by atoms with E-state index in [2.05, 4.69) is 0 Å². The van der Waals surface area contributed by atoms with Gasteiger partial charge >= 0.3 is 17.4 Å². The summed E-state index contributed by atoms with van der Waals surface area (Å²) >= 11 is 0. The first-order valence-corrected chi connectivity index (χ1v) is 9.54. The van der Waals surface area contributed by atoms with E-state index in [1.165, 1.54) is 12.1 Å². The molecule has 0 N–H and O–H groups in total. The van der Waals surface area contributed by atoms with Gasteiger partial charge in [0.15, 0.2) is 0 Å². The van der Waals surface area contributed by atoms with E-state index in [0.717, 1.165) is 24.3 Å². The van der Waals surface area contributed by atoms with Gasteiger partial charge in [-0.05, 0) is 55.8 Å². The van der Waals surface area contributed by atoms with Crippen LogP contribution in [0.1, 0.15) is 21.5 Å². The Hall–Kier alpha value is -3.07. The lowest BCUT2D eigenvalue weighted by molar-refractivity contribution is 0.0733. The van der Waals surface area contributed by atoms with Crippen molar-refractivity contribution in [2.45, 2.75) is 24.5 Å². The van der Waals surface area contributed by atoms with Gasteiger partial charge in [-0.3, -0.25) is 0 Å². The molecule has 0 aliphatic carbocycles. The molecule has 0 saturated carbocycles. The van der Waals surface area contributed by atoms with Gasteiger partial charge in [-0.2, -0.15) is 8.78 Å². The molecular formula is C19H14F2O6S. The molecule has 146 valence electrons. The van der Waals surface area contributed by atoms with Crippen LogP contribution in [-0.4, -0.2) is 20.1 Å². The highest BCUT2D eigenvalue weighted by molar-refractivity contribution is 7.91. The standard InChI is InChI=1S/C19H14F2O6S/c1-10-9-16(22)27-17-11(2)15(8-7-14(10)17)26-18(23)12-3-5-13(6-4-12)28(24,25)19(20)21/h3-9,19H,1-2H3. The number of aryl methyl sites for hydroxylation is 2. The van der Waals surface area contributed by atoms with Gasteiger partial charge < -0.3 is 9.15 Å². The Bertz CT molecular complexity index is 1230. The van der Waals surface area contributed by atoms with Gasteiger partial charge in [0.1, 0.15) is 11.3 Å². The van der Waals surface area contributed by atoms with Crippen LogP contribution in [-0.2, 0) is 9.84 Å². The summed E-state index contributed by atoms with van der Waals surface area (Å²) in [6.45, 7) is 3.37. The number of carbonyl (C=O) groups is 1. The summed E-state index contributed by atoms with van der Waals surface area (Å²) in [5.41, 5.74) is 0.867. The third kappa shape index (κ3) is 3.53. The van der Waals surface area contributed by atoms with Gasteiger partial charge in [-0.1, -0.05) is 0 Å². The molecule has 0 unspecified atom stereocenters. The Morgan fingerprint density at radius 2 is 1.71 bits per heavy atom. The van der Waals surface area contributed by atoms with Gasteiger partial charge in [-0.15, -0.1) is 0 Å². The molecule has 0 bridgehead atoms. The molecule has 2 aromatic carbocycles. The van der Waals surface area contributed by atoms with Crippen molar-refractivity contribution in [2.75, 3.05) is 0 Å². The van der Waals surface area contributed by atoms with Crippen molar-refractivity contribution in [1.82, 2.24) is 0 Å². The van der Waals surface area contributed by atoms with Gasteiger partial charge in [0, 0.05) is 17.0 Å². The van der Waals surface area contributed by atoms with E-state index >= 15 is 0 Å². The van der Waals surface area contributed by atoms with Crippen LogP contribution in [0, 0.1) is 13.8 Å². The highest BCUT2D eigenvalue weighted by Gasteiger charge is 2.26. The molecule has 28 heavy (non-hydrogen) atoms. The number of sulfone groups is 1. The maximum absolute atomic E-state index is 12.6. The van der Waals surface area contributed by atoms with Crippen molar-refractivity contribution < 1.29 is 31.1 Å². The normalized spacial score (nSPS) is 11.8. The molecule has 0 radical (unpaired) electrons. The number of alkyl halides is 2. The number of halogens is 2. The fraction of sp³-hybridized carbons (Fsp3) is 0.158. The van der Waals surface area contributed by atoms with Crippen molar-refractivity contribution in [3.63, 3.8) is 0 Å². The Kier molecular flexibility index (Phi) is 5.03. The number of carbonyl (C=O) groups excluding carboxylic acids is 1. The molecule has 9 heteroatoms. The van der Waals surface area contributed by atoms with Crippen molar-refractivity contribution in [2.24, 2.45) is 0 Å². The van der Waals surface area contributed by atoms with Gasteiger partial charge in [0.2, 0.25) is 9.84 Å². The molecule has 0 aliphatic rings. The maximum atomic E-state index is 12.6. The van der Waals surface area contributed by atoms with Crippen molar-refractivity contribution in [3.05, 3.63) is 69.6 Å². The fourth-order valence-corrected chi connectivity index (χ4v) is 3.37. The SMILES string of the molecule is Cc1cc(=O)oc2c(C)c(OC(=O)c3ccc(S(=O)(=O)C(F)F)cc3)ccc12. The zero-order valence-electron chi connectivity index (χ0n) is 14.7. The fourth-order valence-electron chi connectivity index (χ4n) is 2.65. The molecule has 0 aliphatic heterocycles. The Morgan fingerprint density at radius 1 is 1.07 bits per heavy atom. The maximum Gasteiger partial charge on any atom is 0.343 e. The lowest BCUT2D eigenvalue weighted by Gasteiger charge is -2.10. The lowest BCUT2D eigenvalue weighted by Crippen LogP contribution is -2.13. The Morgan fingerprint density at radius 3 is 2.32 bits per heavy atom. The molecule has 1 aromatic heterocycles. The van der Waals surface area contributed by atoms with E-state index in [4.69, 9.17) is 9.15 Å². The monoisotopic (exact) mass is 408 g/mol. The van der Waals surface area contributed by atoms with Crippen LogP contribution in [0.4, 0.5) is 8.78 Å². The third-order valence-electron chi connectivity index (χ3n) is 4.17. The summed E-state index contributed by atoms with van der Waals surface area (Å²) in [4.78, 5) is 23.3. The van der Waals surface area contributed by atoms with E-state index in [9.17, 15) is 26.8 Å². The molecule has 6 nitrogen and oxygen atoms in total. The topological polar surface area (TPSA) is 90.7 Å². The zero-order valence-corrected chi connectivity index (χ0v) is 15.5. The van der Waals surface area contributed by atoms with Crippen molar-refractivity contribution in [1.29, 1.82) is 0 Å². The molecule has 3 aromatic rings. The van der Waals surface area contributed by atoms with E-state index in [-0.39, 0.29) is 16.9 Å². The number of benzene rings is 2. The highest BCUT2D eigenvalue weighted by Crippen LogP contribution is 2.29. The molecule has 0 spiro atoms. The zero-order chi connectivity index (χ0) is 20.6. The summed E-state index contributed by atoms with van der Waals surface area (Å²) in [6.07, 6.45) is 0. The predicted octanol–water partition coefficient (Wildman–Crippen LogP) is 3.63. The second-order valence-electron chi connectivity index (χ2n) is 6.03. The summed E-state index contributed by atoms with van der Waals surface area (Å²) in [6, 6.07) is 8.51. The summed E-state index contributed by atoms with van der Waals surface area (Å²) in [5.74, 6) is -4.22. The first-order chi connectivity index (χ1) is 13.1. The van der Waals surface area contributed by atoms with Crippen LogP contribution in [0.25, 0.3) is 11.0 Å². The van der Waals surface area contributed by atoms with Crippen molar-refractivity contribution in [3.8, 4) is 5.75 Å². The largest absolute Gasteiger partial charge is 0.423 e.